The summed E-state index contributed by atoms with van der Waals surface area (Å²) in [5, 5.41) is 14.9. The Hall–Kier alpha value is -16.2. The highest BCUT2D eigenvalue weighted by Crippen LogP contribution is 2.53. The Morgan fingerprint density at radius 1 is 0.195 bits per heavy atom. The number of rotatable bonds is 9. The first-order chi connectivity index (χ1) is 80.6. The summed E-state index contributed by atoms with van der Waals surface area (Å²) in [4.78, 5) is 0. The van der Waals surface area contributed by atoms with Crippen LogP contribution >= 0.6 is 0 Å². The van der Waals surface area contributed by atoms with Crippen LogP contribution < -0.4 is 0 Å². The molecule has 3 heterocycles. The second-order valence-electron chi connectivity index (χ2n) is 32.8. The van der Waals surface area contributed by atoms with Crippen molar-refractivity contribution in [3.05, 3.63) is 460 Å². The van der Waals surface area contributed by atoms with Crippen LogP contribution in [0.25, 0.3) is 242 Å². The van der Waals surface area contributed by atoms with Gasteiger partial charge in [-0.05, 0) is 231 Å². The average molecular weight is 1770 g/mol. The van der Waals surface area contributed by atoms with Gasteiger partial charge in [-0.1, -0.05) is 460 Å². The van der Waals surface area contributed by atoms with E-state index in [9.17, 15) is 1.37 Å². The normalized spacial score (nSPS) is 13.7. The van der Waals surface area contributed by atoms with Crippen molar-refractivity contribution in [3.8, 4) is 111 Å². The summed E-state index contributed by atoms with van der Waals surface area (Å²) in [6.07, 6.45) is 0. The van der Waals surface area contributed by atoms with Crippen molar-refractivity contribution in [2.75, 3.05) is 0 Å². The lowest BCUT2D eigenvalue weighted by Crippen LogP contribution is -2.14. The SMILES string of the molecule is C.C.C.[2H]C.[2H]C.[2H]C.[2H]C.[2H][2H].[2H][2H].[2H][2H].[2H][2H].[2H][2H].[2H][2H].[2H][2H].[2H][2H].[2H][2H].[2H]c1c([2H])c([2H])c2c(-c3ccc4oc5ccc(-c6ccccc6)cc5c4c3)c3ccccc3c(-c3ccccc3)c2c1[2H].[2H]c1ccc(-c2cccc3c2oc2cc(-c4c5cc([2H])c([2H])cc5c(-c5ccccc5)c5cc([2H])c([2H])cc45)ccc23)cc1.[2H]c1ccc2c(-c3ccc4c(c3)oc3c(-c5ccc6c(c5)-c5ccccc5C6(C)C)cccc34)c3c([2H])c([2H])ccc3c(-c3ccccc3)c2c1[2H]. The van der Waals surface area contributed by atoms with Crippen LogP contribution in [0.1, 0.15) is 127 Å². The van der Waals surface area contributed by atoms with Crippen LogP contribution in [0.5, 0.6) is 0 Å². The highest BCUT2D eigenvalue weighted by atomic mass is 16.3. The van der Waals surface area contributed by atoms with Gasteiger partial charge in [-0.2, -0.15) is 0 Å². The third-order valence-corrected chi connectivity index (χ3v) is 25.5. The monoisotopic (exact) mass is 1770 g/mol. The van der Waals surface area contributed by atoms with Crippen LogP contribution in [0, 0.1) is 0 Å². The Morgan fingerprint density at radius 2 is 0.519 bits per heavy atom. The lowest BCUT2D eigenvalue weighted by Gasteiger charge is -2.21. The van der Waals surface area contributed by atoms with Gasteiger partial charge in [0.05, 0.1) is 17.8 Å². The fourth-order valence-electron chi connectivity index (χ4n) is 19.8. The largest absolute Gasteiger partial charge is 0.456 e. The van der Waals surface area contributed by atoms with Gasteiger partial charge in [0.25, 0.3) is 0 Å². The fraction of sp³-hybridized carbons (Fsp3) is 0.0769. The molecule has 0 saturated heterocycles. The fourth-order valence-corrected chi connectivity index (χ4v) is 19.8. The maximum absolute atomic E-state index is 9.21. The van der Waals surface area contributed by atoms with Crippen molar-refractivity contribution in [2.24, 2.45) is 0 Å². The minimum Gasteiger partial charge on any atom is -0.456 e. The summed E-state index contributed by atoms with van der Waals surface area (Å²) >= 11 is 0. The molecule has 0 amide bonds. The molecule has 0 unspecified atom stereocenters. The van der Waals surface area contributed by atoms with Gasteiger partial charge in [0.2, 0.25) is 0 Å². The Morgan fingerprint density at radius 3 is 1.02 bits per heavy atom. The van der Waals surface area contributed by atoms with E-state index in [1.165, 1.54) is 51.9 Å². The number of hydrogen-bond donors (Lipinski definition) is 0. The highest BCUT2D eigenvalue weighted by Gasteiger charge is 2.36. The van der Waals surface area contributed by atoms with E-state index in [1.807, 2.05) is 212 Å². The molecule has 22 aromatic carbocycles. The molecule has 0 bridgehead atoms. The molecule has 25 aromatic rings. The number of para-hydroxylation sites is 2. The molecule has 0 spiro atoms. The van der Waals surface area contributed by atoms with Crippen LogP contribution in [0.15, 0.2) is 462 Å². The zero-order valence-corrected chi connectivity index (χ0v) is 72.4. The first-order valence-electron chi connectivity index (χ1n) is 61.9. The highest BCUT2D eigenvalue weighted by molar-refractivity contribution is 6.26. The average Bonchev–Trinajstić information content (AvgIpc) is 0.853. The first kappa shape index (κ1) is 62.1. The molecule has 0 atom stereocenters. The van der Waals surface area contributed by atoms with Crippen molar-refractivity contribution in [1.82, 2.24) is 0 Å². The zero-order valence-electron chi connectivity index (χ0n) is 107. The van der Waals surface area contributed by atoms with Gasteiger partial charge in [0.1, 0.15) is 33.5 Å². The molecule has 26 rings (SSSR count). The van der Waals surface area contributed by atoms with Crippen molar-refractivity contribution >= 4 is 130 Å². The van der Waals surface area contributed by atoms with E-state index in [0.29, 0.717) is 33.2 Å². The lowest BCUT2D eigenvalue weighted by molar-refractivity contribution is 0.660. The molecular formula is C130H126O3. The van der Waals surface area contributed by atoms with Gasteiger partial charge >= 0.3 is 0 Å². The van der Waals surface area contributed by atoms with E-state index >= 15 is 0 Å². The summed E-state index contributed by atoms with van der Waals surface area (Å²) in [5.41, 5.74) is 26.2. The quantitative estimate of drug-likeness (QED) is 0.135. The van der Waals surface area contributed by atoms with Gasteiger partial charge in [-0.3, -0.25) is 0 Å². The smallest absolute Gasteiger partial charge is 0.143 e. The molecule has 3 nitrogen and oxygen atoms in total. The van der Waals surface area contributed by atoms with Crippen LogP contribution in [0.3, 0.4) is 0 Å². The van der Waals surface area contributed by atoms with Crippen LogP contribution in [0.2, 0.25) is 0 Å². The predicted molar refractivity (Wildman–Crippen MR) is 599 cm³/mol. The number of benzene rings is 22. The summed E-state index contributed by atoms with van der Waals surface area (Å²) in [6.45, 7) is 4.59. The zero-order chi connectivity index (χ0) is 121. The van der Waals surface area contributed by atoms with Crippen molar-refractivity contribution in [3.63, 3.8) is 0 Å². The molecule has 664 valence electrons. The van der Waals surface area contributed by atoms with Crippen molar-refractivity contribution in [2.45, 2.75) is 71.2 Å². The Kier molecular flexibility index (Phi) is 17.0. The van der Waals surface area contributed by atoms with Gasteiger partial charge in [0, 0.05) is 81.1 Å². The minimum atomic E-state index is -0.240. The number of fused-ring (bicyclic) bond motifs is 18. The molecule has 1 aliphatic carbocycles. The Labute approximate surface area is 832 Å². The number of furan rings is 3. The summed E-state index contributed by atoms with van der Waals surface area (Å²) in [5.74, 6) is 0. The van der Waals surface area contributed by atoms with Crippen LogP contribution in [-0.2, 0) is 5.41 Å². The first-order valence-corrected chi connectivity index (χ1v) is 42.4. The molecule has 3 heteroatoms. The van der Waals surface area contributed by atoms with Gasteiger partial charge in [-0.25, -0.2) is 0 Å². The molecule has 3 aromatic heterocycles. The molecular weight excluding hydrogens is 1610 g/mol. The summed E-state index contributed by atoms with van der Waals surface area (Å²) in [7, 11) is 5.00. The van der Waals surface area contributed by atoms with Crippen molar-refractivity contribution < 1.29 is 63.3 Å². The second kappa shape index (κ2) is 36.4. The molecule has 133 heavy (non-hydrogen) atoms. The van der Waals surface area contributed by atoms with E-state index in [-0.39, 0.29) is 100 Å². The van der Waals surface area contributed by atoms with E-state index in [4.69, 9.17) is 61.9 Å². The van der Waals surface area contributed by atoms with Gasteiger partial charge in [0.15, 0.2) is 0 Å². The molecule has 1 aliphatic rings. The topological polar surface area (TPSA) is 39.4 Å². The van der Waals surface area contributed by atoms with Gasteiger partial charge in [-0.15, -0.1) is 0 Å². The second-order valence-corrected chi connectivity index (χ2v) is 32.8. The van der Waals surface area contributed by atoms with E-state index in [1.54, 1.807) is 48.5 Å². The Bertz CT molecular complexity index is 9490. The third-order valence-electron chi connectivity index (χ3n) is 25.5. The standard InChI is InChI=1S/C47H32O.2C38H24O.7CH4.9H2/c1-47(2)41-22-11-10-15-33(41)40-27-30(24-26-42(40)47)32-20-12-21-39-34-25-23-31(28-43(34)48-46(32)39)45-37-18-8-6-16-35(37)44(29-13-4-3-5-14-29)36-17-7-9-19-38(36)45;1-3-12-25(13-4-1)28-20-11-21-34-29-23-22-27(24-35(29)39-38(28)34)37-32-18-9-7-16-30(32)36(26-14-5-2-6-15-26)31-17-8-10-19-33(31)37;1-3-11-25(12-4-1)27-19-21-35-33(23-27)34-24-28(20-22-36(34)39-35)38-31-17-9-7-15-29(31)37(26-13-5-2-6-14-26)30-16-8-10-18-32(30)38;;;;;;;;;;;;;;;;/h3-28H,1-2H3;2*1-24H;7*1H4;9*1H/i6D,9D,16D,19D;1D,7D,8D,9D,10D;7D,9D,15D,17D;4*1D;;;;9*1+1D. The Balaban J connectivity index is 0.000000275. The maximum atomic E-state index is 9.21. The van der Waals surface area contributed by atoms with E-state index < -0.39 is 0 Å². The third kappa shape index (κ3) is 14.8. The van der Waals surface area contributed by atoms with Crippen LogP contribution in [-0.4, -0.2) is 0 Å². The van der Waals surface area contributed by atoms with Crippen molar-refractivity contribution in [1.29, 1.82) is 0 Å². The minimum absolute atomic E-state index is 0. The molecule has 0 fully saturated rings. The van der Waals surface area contributed by atoms with Gasteiger partial charge < -0.3 is 13.3 Å². The van der Waals surface area contributed by atoms with E-state index in [2.05, 4.69) is 123 Å². The molecule has 0 N–H and O–H groups in total. The van der Waals surface area contributed by atoms with Crippen LogP contribution in [0.4, 0.5) is 0 Å². The van der Waals surface area contributed by atoms with E-state index in [0.717, 1.165) is 203 Å². The summed E-state index contributed by atoms with van der Waals surface area (Å²) < 4.78 is 246. The molecule has 0 aliphatic heterocycles. The lowest BCUT2D eigenvalue weighted by atomic mass is 9.82. The number of hydrogen-bond acceptors (Lipinski definition) is 3. The molecule has 0 radical (unpaired) electrons. The summed E-state index contributed by atoms with van der Waals surface area (Å²) in [6, 6.07) is 123. The molecule has 0 saturated carbocycles. The maximum Gasteiger partial charge on any atom is 0.143 e. The predicted octanol–water partition coefficient (Wildman–Crippen LogP) is 41.7.